The van der Waals surface area contributed by atoms with Crippen LogP contribution in [-0.4, -0.2) is 41.7 Å². The van der Waals surface area contributed by atoms with Gasteiger partial charge in [0.25, 0.3) is 0 Å². The number of anilines is 1. The molecule has 0 bridgehead atoms. The molecule has 0 fully saturated rings. The molecule has 0 saturated heterocycles. The number of pyridine rings is 1. The van der Waals surface area contributed by atoms with Gasteiger partial charge in [-0.2, -0.15) is 0 Å². The number of nitrogens with two attached hydrogens (primary N) is 1. The predicted octanol–water partition coefficient (Wildman–Crippen LogP) is -0.306. The molecule has 0 aliphatic carbocycles. The van der Waals surface area contributed by atoms with E-state index in [9.17, 15) is 9.59 Å². The molecule has 7 heteroatoms. The van der Waals surface area contributed by atoms with Crippen LogP contribution in [-0.2, 0) is 9.53 Å². The Kier molecular flexibility index (Phi) is 5.05. The Morgan fingerprint density at radius 3 is 2.88 bits per heavy atom. The summed E-state index contributed by atoms with van der Waals surface area (Å²) in [5.74, 6) is -1.49. The molecule has 0 aliphatic rings. The second kappa shape index (κ2) is 6.56. The molecule has 4 N–H and O–H groups in total. The summed E-state index contributed by atoms with van der Waals surface area (Å²) in [6.07, 6.45) is 2.55. The van der Waals surface area contributed by atoms with Crippen molar-refractivity contribution >= 4 is 17.6 Å². The summed E-state index contributed by atoms with van der Waals surface area (Å²) < 4.78 is 4.92. The van der Waals surface area contributed by atoms with Gasteiger partial charge in [0.1, 0.15) is 6.61 Å². The van der Waals surface area contributed by atoms with E-state index in [0.717, 1.165) is 0 Å². The molecule has 0 spiro atoms. The molecule has 0 unspecified atom stereocenters. The van der Waals surface area contributed by atoms with Crippen molar-refractivity contribution in [1.29, 1.82) is 0 Å². The number of carboxylic acid groups (broad SMARTS) is 1. The standard InChI is InChI=1S/C10H13N3O4/c11-1-2-17-6-9(14)13-8-3-7(10(15)16)4-12-5-8/h3-5H,1-2,6,11H2,(H,13,14)(H,15,16). The number of nitrogens with zero attached hydrogens (tertiary/aromatic N) is 1. The first-order valence-electron chi connectivity index (χ1n) is 4.89. The maximum absolute atomic E-state index is 11.3. The average Bonchev–Trinajstić information content (AvgIpc) is 2.29. The molecule has 1 heterocycles. The third-order valence-electron chi connectivity index (χ3n) is 1.76. The smallest absolute Gasteiger partial charge is 0.337 e. The highest BCUT2D eigenvalue weighted by Gasteiger charge is 2.06. The van der Waals surface area contributed by atoms with Crippen LogP contribution in [0.15, 0.2) is 18.5 Å². The number of rotatable bonds is 6. The molecule has 7 nitrogen and oxygen atoms in total. The molecule has 1 aromatic rings. The third-order valence-corrected chi connectivity index (χ3v) is 1.76. The first-order valence-corrected chi connectivity index (χ1v) is 4.89. The molecule has 0 aromatic carbocycles. The van der Waals surface area contributed by atoms with Gasteiger partial charge in [-0.3, -0.25) is 9.78 Å². The van der Waals surface area contributed by atoms with Gasteiger partial charge < -0.3 is 20.9 Å². The summed E-state index contributed by atoms with van der Waals surface area (Å²) in [6.45, 7) is 0.499. The Labute approximate surface area is 97.6 Å². The number of carbonyl (C=O) groups excluding carboxylic acids is 1. The number of carboxylic acids is 1. The lowest BCUT2D eigenvalue weighted by molar-refractivity contribution is -0.120. The number of aromatic carboxylic acids is 1. The van der Waals surface area contributed by atoms with Crippen molar-refractivity contribution in [2.45, 2.75) is 0 Å². The summed E-state index contributed by atoms with van der Waals surface area (Å²) >= 11 is 0. The molecule has 0 saturated carbocycles. The van der Waals surface area contributed by atoms with E-state index >= 15 is 0 Å². The van der Waals surface area contributed by atoms with Crippen molar-refractivity contribution < 1.29 is 19.4 Å². The number of carbonyl (C=O) groups is 2. The molecule has 0 aliphatic heterocycles. The molecular formula is C10H13N3O4. The normalized spacial score (nSPS) is 9.94. The highest BCUT2D eigenvalue weighted by Crippen LogP contribution is 2.08. The Bertz CT molecular complexity index is 408. The van der Waals surface area contributed by atoms with E-state index in [2.05, 4.69) is 10.3 Å². The van der Waals surface area contributed by atoms with Gasteiger partial charge in [-0.15, -0.1) is 0 Å². The van der Waals surface area contributed by atoms with Crippen molar-refractivity contribution in [2.75, 3.05) is 25.1 Å². The largest absolute Gasteiger partial charge is 0.478 e. The van der Waals surface area contributed by atoms with Crippen molar-refractivity contribution in [3.63, 3.8) is 0 Å². The van der Waals surface area contributed by atoms with Gasteiger partial charge in [-0.05, 0) is 6.07 Å². The second-order valence-corrected chi connectivity index (χ2v) is 3.16. The van der Waals surface area contributed by atoms with Crippen LogP contribution in [0.2, 0.25) is 0 Å². The van der Waals surface area contributed by atoms with Gasteiger partial charge in [0, 0.05) is 12.7 Å². The number of hydrogen-bond donors (Lipinski definition) is 3. The van der Waals surface area contributed by atoms with E-state index in [0.29, 0.717) is 18.8 Å². The predicted molar refractivity (Wildman–Crippen MR) is 59.7 cm³/mol. The van der Waals surface area contributed by atoms with E-state index in [1.165, 1.54) is 18.5 Å². The number of ether oxygens (including phenoxy) is 1. The Balaban J connectivity index is 2.53. The summed E-state index contributed by atoms with van der Waals surface area (Å²) in [4.78, 5) is 25.7. The van der Waals surface area contributed by atoms with Crippen LogP contribution in [0.3, 0.4) is 0 Å². The molecule has 92 valence electrons. The minimum absolute atomic E-state index is 0.00526. The van der Waals surface area contributed by atoms with E-state index < -0.39 is 5.97 Å². The van der Waals surface area contributed by atoms with Crippen molar-refractivity contribution in [1.82, 2.24) is 4.98 Å². The average molecular weight is 239 g/mol. The molecular weight excluding hydrogens is 226 g/mol. The van der Waals surface area contributed by atoms with E-state index in [1.807, 2.05) is 0 Å². The number of hydrogen-bond acceptors (Lipinski definition) is 5. The van der Waals surface area contributed by atoms with Gasteiger partial charge in [0.05, 0.1) is 24.1 Å². The second-order valence-electron chi connectivity index (χ2n) is 3.16. The van der Waals surface area contributed by atoms with Crippen molar-refractivity contribution in [3.05, 3.63) is 24.0 Å². The first kappa shape index (κ1) is 13.1. The molecule has 0 radical (unpaired) electrons. The Morgan fingerprint density at radius 1 is 1.47 bits per heavy atom. The topological polar surface area (TPSA) is 115 Å². The molecule has 1 amide bonds. The fourth-order valence-electron chi connectivity index (χ4n) is 1.07. The van der Waals surface area contributed by atoms with Crippen LogP contribution in [0.1, 0.15) is 10.4 Å². The maximum Gasteiger partial charge on any atom is 0.337 e. The lowest BCUT2D eigenvalue weighted by atomic mass is 10.2. The third kappa shape index (κ3) is 4.58. The maximum atomic E-state index is 11.3. The van der Waals surface area contributed by atoms with E-state index in [1.54, 1.807) is 0 Å². The number of nitrogens with one attached hydrogen (secondary N) is 1. The fourth-order valence-corrected chi connectivity index (χ4v) is 1.07. The highest BCUT2D eigenvalue weighted by atomic mass is 16.5. The Morgan fingerprint density at radius 2 is 2.24 bits per heavy atom. The molecule has 1 aromatic heterocycles. The number of amides is 1. The minimum atomic E-state index is -1.10. The van der Waals surface area contributed by atoms with Crippen molar-refractivity contribution in [3.8, 4) is 0 Å². The zero-order chi connectivity index (χ0) is 12.7. The SMILES string of the molecule is NCCOCC(=O)Nc1cncc(C(=O)O)c1. The summed E-state index contributed by atoms with van der Waals surface area (Å²) in [6, 6.07) is 1.32. The van der Waals surface area contributed by atoms with Gasteiger partial charge in [-0.25, -0.2) is 4.79 Å². The molecule has 17 heavy (non-hydrogen) atoms. The van der Waals surface area contributed by atoms with E-state index in [4.69, 9.17) is 15.6 Å². The molecule has 0 atom stereocenters. The monoisotopic (exact) mass is 239 g/mol. The van der Waals surface area contributed by atoms with Crippen molar-refractivity contribution in [2.24, 2.45) is 5.73 Å². The Hall–Kier alpha value is -1.99. The first-order chi connectivity index (χ1) is 8.13. The lowest BCUT2D eigenvalue weighted by Crippen LogP contribution is -2.21. The lowest BCUT2D eigenvalue weighted by Gasteiger charge is -2.05. The fraction of sp³-hybridized carbons (Fsp3) is 0.300. The van der Waals surface area contributed by atoms with Crippen LogP contribution < -0.4 is 11.1 Å². The minimum Gasteiger partial charge on any atom is -0.478 e. The summed E-state index contributed by atoms with van der Waals surface area (Å²) in [7, 11) is 0. The van der Waals surface area contributed by atoms with E-state index in [-0.39, 0.29) is 18.1 Å². The summed E-state index contributed by atoms with van der Waals surface area (Å²) in [5.41, 5.74) is 5.51. The highest BCUT2D eigenvalue weighted by molar-refractivity contribution is 5.94. The quantitative estimate of drug-likeness (QED) is 0.587. The van der Waals surface area contributed by atoms with Crippen LogP contribution >= 0.6 is 0 Å². The molecule has 1 rings (SSSR count). The van der Waals surface area contributed by atoms with Gasteiger partial charge in [0.2, 0.25) is 5.91 Å². The van der Waals surface area contributed by atoms with Crippen LogP contribution in [0.5, 0.6) is 0 Å². The van der Waals surface area contributed by atoms with Crippen LogP contribution in [0.4, 0.5) is 5.69 Å². The van der Waals surface area contributed by atoms with Gasteiger partial charge in [0.15, 0.2) is 0 Å². The summed E-state index contributed by atoms with van der Waals surface area (Å²) in [5, 5.41) is 11.2. The van der Waals surface area contributed by atoms with Gasteiger partial charge in [-0.1, -0.05) is 0 Å². The van der Waals surface area contributed by atoms with Crippen LogP contribution in [0.25, 0.3) is 0 Å². The van der Waals surface area contributed by atoms with Crippen LogP contribution in [0, 0.1) is 0 Å². The number of aromatic nitrogens is 1. The van der Waals surface area contributed by atoms with Gasteiger partial charge >= 0.3 is 5.97 Å². The zero-order valence-corrected chi connectivity index (χ0v) is 9.05. The zero-order valence-electron chi connectivity index (χ0n) is 9.05.